The Morgan fingerprint density at radius 3 is 2.74 bits per heavy atom. The molecular formula is C17H17BrFNO3. The summed E-state index contributed by atoms with van der Waals surface area (Å²) < 4.78 is 22.9. The van der Waals surface area contributed by atoms with Crippen LogP contribution in [0.25, 0.3) is 0 Å². The van der Waals surface area contributed by atoms with Crippen LogP contribution in [-0.2, 0) is 11.3 Å². The highest BCUT2D eigenvalue weighted by molar-refractivity contribution is 9.10. The molecule has 0 saturated heterocycles. The van der Waals surface area contributed by atoms with Crippen LogP contribution in [0.15, 0.2) is 40.9 Å². The van der Waals surface area contributed by atoms with E-state index >= 15 is 0 Å². The van der Waals surface area contributed by atoms with E-state index < -0.39 is 13.0 Å². The molecule has 0 fully saturated rings. The molecule has 2 rings (SSSR count). The number of carbonyl (C=O) groups is 1. The number of ether oxygens (including phenoxy) is 2. The first kappa shape index (κ1) is 17.3. The number of hydrogen-bond donors (Lipinski definition) is 1. The predicted octanol–water partition coefficient (Wildman–Crippen LogP) is 5.12. The number of carbonyl (C=O) groups excluding carboxylic acids is 1. The maximum atomic E-state index is 12.1. The molecule has 0 aliphatic rings. The van der Waals surface area contributed by atoms with Crippen molar-refractivity contribution in [2.45, 2.75) is 20.5 Å². The minimum atomic E-state index is -1.17. The number of rotatable bonds is 5. The van der Waals surface area contributed by atoms with Crippen LogP contribution in [0.2, 0.25) is 0 Å². The van der Waals surface area contributed by atoms with Gasteiger partial charge >= 0.3 is 6.09 Å². The average Bonchev–Trinajstić information content (AvgIpc) is 2.48. The Hall–Kier alpha value is -2.08. The lowest BCUT2D eigenvalue weighted by atomic mass is 10.1. The number of amides is 1. The van der Waals surface area contributed by atoms with Crippen molar-refractivity contribution in [2.24, 2.45) is 0 Å². The molecule has 0 saturated carbocycles. The Morgan fingerprint density at radius 2 is 2.04 bits per heavy atom. The van der Waals surface area contributed by atoms with E-state index in [0.29, 0.717) is 5.69 Å². The smallest absolute Gasteiger partial charge is 0.413 e. The maximum Gasteiger partial charge on any atom is 0.413 e. The predicted molar refractivity (Wildman–Crippen MR) is 90.5 cm³/mol. The lowest BCUT2D eigenvalue weighted by Gasteiger charge is -2.15. The van der Waals surface area contributed by atoms with Crippen LogP contribution in [0.5, 0.6) is 5.75 Å². The molecule has 0 radical (unpaired) electrons. The van der Waals surface area contributed by atoms with Crippen molar-refractivity contribution in [3.05, 3.63) is 57.6 Å². The molecular weight excluding hydrogens is 365 g/mol. The summed E-state index contributed by atoms with van der Waals surface area (Å²) in [6.45, 7) is 3.06. The SMILES string of the molecule is Cc1ccc(OCc2c(Br)cccc2NC(=O)OCF)c(C)c1. The van der Waals surface area contributed by atoms with E-state index in [1.54, 1.807) is 12.1 Å². The Morgan fingerprint density at radius 1 is 1.26 bits per heavy atom. The van der Waals surface area contributed by atoms with Crippen molar-refractivity contribution in [2.75, 3.05) is 12.2 Å². The lowest BCUT2D eigenvalue weighted by molar-refractivity contribution is 0.111. The van der Waals surface area contributed by atoms with E-state index in [1.807, 2.05) is 38.1 Å². The van der Waals surface area contributed by atoms with E-state index in [1.165, 1.54) is 0 Å². The third-order valence-corrected chi connectivity index (χ3v) is 3.99. The van der Waals surface area contributed by atoms with Crippen LogP contribution in [0.1, 0.15) is 16.7 Å². The van der Waals surface area contributed by atoms with E-state index in [2.05, 4.69) is 26.0 Å². The van der Waals surface area contributed by atoms with Gasteiger partial charge in [0.15, 0.2) is 0 Å². The molecule has 0 aliphatic heterocycles. The van der Waals surface area contributed by atoms with Gasteiger partial charge in [0, 0.05) is 10.0 Å². The Kier molecular flexibility index (Phi) is 5.98. The maximum absolute atomic E-state index is 12.1. The van der Waals surface area contributed by atoms with Gasteiger partial charge in [0.1, 0.15) is 12.4 Å². The molecule has 0 atom stereocenters. The first-order valence-corrected chi connectivity index (χ1v) is 7.77. The number of nitrogens with one attached hydrogen (secondary N) is 1. The largest absolute Gasteiger partial charge is 0.489 e. The summed E-state index contributed by atoms with van der Waals surface area (Å²) >= 11 is 3.43. The second kappa shape index (κ2) is 7.97. The van der Waals surface area contributed by atoms with Gasteiger partial charge < -0.3 is 9.47 Å². The molecule has 0 spiro atoms. The monoisotopic (exact) mass is 381 g/mol. The quantitative estimate of drug-likeness (QED) is 0.781. The highest BCUT2D eigenvalue weighted by atomic mass is 79.9. The van der Waals surface area contributed by atoms with Gasteiger partial charge in [-0.3, -0.25) is 5.32 Å². The van der Waals surface area contributed by atoms with Crippen molar-refractivity contribution >= 4 is 27.7 Å². The summed E-state index contributed by atoms with van der Waals surface area (Å²) in [4.78, 5) is 11.4. The third-order valence-electron chi connectivity index (χ3n) is 3.24. The zero-order chi connectivity index (χ0) is 16.8. The second-order valence-corrected chi connectivity index (χ2v) is 5.84. The Bertz CT molecular complexity index is 706. The fourth-order valence-electron chi connectivity index (χ4n) is 2.13. The molecule has 1 N–H and O–H groups in total. The first-order chi connectivity index (χ1) is 11.0. The lowest BCUT2D eigenvalue weighted by Crippen LogP contribution is -2.15. The fourth-order valence-corrected chi connectivity index (χ4v) is 2.61. The van der Waals surface area contributed by atoms with Crippen LogP contribution < -0.4 is 10.1 Å². The van der Waals surface area contributed by atoms with Gasteiger partial charge in [0.25, 0.3) is 0 Å². The third kappa shape index (κ3) is 4.69. The normalized spacial score (nSPS) is 10.3. The topological polar surface area (TPSA) is 47.6 Å². The minimum Gasteiger partial charge on any atom is -0.489 e. The molecule has 1 amide bonds. The van der Waals surface area contributed by atoms with Crippen molar-refractivity contribution < 1.29 is 18.7 Å². The second-order valence-electron chi connectivity index (χ2n) is 4.99. The number of aryl methyl sites for hydroxylation is 2. The van der Waals surface area contributed by atoms with Crippen LogP contribution in [0, 0.1) is 13.8 Å². The molecule has 0 aliphatic carbocycles. The Labute approximate surface area is 142 Å². The van der Waals surface area contributed by atoms with Gasteiger partial charge in [-0.2, -0.15) is 0 Å². The molecule has 2 aromatic rings. The van der Waals surface area contributed by atoms with Gasteiger partial charge in [-0.05, 0) is 37.6 Å². The van der Waals surface area contributed by atoms with E-state index in [9.17, 15) is 9.18 Å². The molecule has 0 bridgehead atoms. The number of alkyl halides is 1. The Balaban J connectivity index is 2.16. The highest BCUT2D eigenvalue weighted by Gasteiger charge is 2.12. The van der Waals surface area contributed by atoms with Crippen molar-refractivity contribution in [1.29, 1.82) is 0 Å². The summed E-state index contributed by atoms with van der Waals surface area (Å²) in [5.41, 5.74) is 3.43. The molecule has 0 unspecified atom stereocenters. The first-order valence-electron chi connectivity index (χ1n) is 6.98. The van der Waals surface area contributed by atoms with E-state index in [4.69, 9.17) is 4.74 Å². The van der Waals surface area contributed by atoms with Crippen molar-refractivity contribution in [1.82, 2.24) is 0 Å². The van der Waals surface area contributed by atoms with Crippen LogP contribution in [0.4, 0.5) is 14.9 Å². The van der Waals surface area contributed by atoms with Crippen LogP contribution in [0.3, 0.4) is 0 Å². The molecule has 0 aromatic heterocycles. The van der Waals surface area contributed by atoms with Gasteiger partial charge in [-0.1, -0.05) is 39.7 Å². The highest BCUT2D eigenvalue weighted by Crippen LogP contribution is 2.28. The molecule has 4 nitrogen and oxygen atoms in total. The van der Waals surface area contributed by atoms with E-state index in [0.717, 1.165) is 26.9 Å². The van der Waals surface area contributed by atoms with Gasteiger partial charge in [-0.15, -0.1) is 0 Å². The standard InChI is InChI=1S/C17H17BrFNO3/c1-11-6-7-16(12(2)8-11)22-9-13-14(18)4-3-5-15(13)20-17(21)23-10-19/h3-8H,9-10H2,1-2H3,(H,20,21). The van der Waals surface area contributed by atoms with E-state index in [-0.39, 0.29) is 6.61 Å². The average molecular weight is 382 g/mol. The number of anilines is 1. The summed E-state index contributed by atoms with van der Waals surface area (Å²) in [5, 5.41) is 2.50. The van der Waals surface area contributed by atoms with Gasteiger partial charge in [-0.25, -0.2) is 9.18 Å². The van der Waals surface area contributed by atoms with Crippen molar-refractivity contribution in [3.63, 3.8) is 0 Å². The minimum absolute atomic E-state index is 0.247. The summed E-state index contributed by atoms with van der Waals surface area (Å²) in [6, 6.07) is 11.2. The summed E-state index contributed by atoms with van der Waals surface area (Å²) in [6.07, 6.45) is -0.849. The number of benzene rings is 2. The summed E-state index contributed by atoms with van der Waals surface area (Å²) in [5.74, 6) is 0.767. The van der Waals surface area contributed by atoms with Gasteiger partial charge in [0.05, 0.1) is 5.69 Å². The zero-order valence-corrected chi connectivity index (χ0v) is 14.4. The molecule has 122 valence electrons. The molecule has 6 heteroatoms. The zero-order valence-electron chi connectivity index (χ0n) is 12.9. The van der Waals surface area contributed by atoms with Crippen LogP contribution in [-0.4, -0.2) is 13.0 Å². The number of halogens is 2. The van der Waals surface area contributed by atoms with Gasteiger partial charge in [0.2, 0.25) is 6.86 Å². The molecule has 23 heavy (non-hydrogen) atoms. The van der Waals surface area contributed by atoms with Crippen LogP contribution >= 0.6 is 15.9 Å². The van der Waals surface area contributed by atoms with Crippen molar-refractivity contribution in [3.8, 4) is 5.75 Å². The molecule has 0 heterocycles. The summed E-state index contributed by atoms with van der Waals surface area (Å²) in [7, 11) is 0. The molecule has 2 aromatic carbocycles. The number of hydrogen-bond acceptors (Lipinski definition) is 3. The fraction of sp³-hybridized carbons (Fsp3) is 0.235.